The highest BCUT2D eigenvalue weighted by atomic mass is 32.1. The first-order valence-corrected chi connectivity index (χ1v) is 11.6. The Morgan fingerprint density at radius 2 is 1.03 bits per heavy atom. The zero-order valence-electron chi connectivity index (χ0n) is 16.3. The lowest BCUT2D eigenvalue weighted by molar-refractivity contribution is 1.36. The van der Waals surface area contributed by atoms with Crippen LogP contribution in [-0.4, -0.2) is 0 Å². The van der Waals surface area contributed by atoms with Crippen LogP contribution in [0.5, 0.6) is 0 Å². The first kappa shape index (κ1) is 18.7. The van der Waals surface area contributed by atoms with Gasteiger partial charge in [0.1, 0.15) is 0 Å². The Balaban J connectivity index is 1.39. The van der Waals surface area contributed by atoms with E-state index in [2.05, 4.69) is 107 Å². The molecule has 0 atom stereocenters. The van der Waals surface area contributed by atoms with Gasteiger partial charge in [-0.1, -0.05) is 84.4 Å². The van der Waals surface area contributed by atoms with Gasteiger partial charge in [0.05, 0.1) is 9.75 Å². The predicted octanol–water partition coefficient (Wildman–Crippen LogP) is 7.62. The second-order valence-corrected chi connectivity index (χ2v) is 8.88. The fraction of sp³-hybridized carbons (Fsp3) is 0.0714. The average Bonchev–Trinajstić information content (AvgIpc) is 3.58. The van der Waals surface area contributed by atoms with Gasteiger partial charge in [-0.2, -0.15) is 0 Å². The molecule has 2 aromatic heterocycles. The monoisotopic (exact) mass is 418 g/mol. The molecule has 3 aromatic rings. The summed E-state index contributed by atoms with van der Waals surface area (Å²) in [6.07, 6.45) is 14.5. The number of hydrogen-bond donors (Lipinski definition) is 0. The maximum atomic E-state index is 3.36. The Labute approximate surface area is 185 Å². The van der Waals surface area contributed by atoms with Gasteiger partial charge >= 0.3 is 0 Å². The summed E-state index contributed by atoms with van der Waals surface area (Å²) in [5, 5.41) is 4.24. The van der Waals surface area contributed by atoms with E-state index in [-0.39, 0.29) is 0 Å². The van der Waals surface area contributed by atoms with Gasteiger partial charge in [-0.3, -0.25) is 0 Å². The lowest BCUT2D eigenvalue weighted by Gasteiger charge is -2.04. The quantitative estimate of drug-likeness (QED) is 0.376. The van der Waals surface area contributed by atoms with Crippen LogP contribution >= 0.6 is 22.7 Å². The first-order valence-electron chi connectivity index (χ1n) is 9.88. The highest BCUT2D eigenvalue weighted by Crippen LogP contribution is 2.32. The highest BCUT2D eigenvalue weighted by Gasteiger charge is 2.09. The Hall–Kier alpha value is -3.30. The third-order valence-corrected chi connectivity index (χ3v) is 6.71. The molecular formula is C28H18S2. The van der Waals surface area contributed by atoms with E-state index >= 15 is 0 Å². The number of hydrogen-bond acceptors (Lipinski definition) is 2. The molecule has 30 heavy (non-hydrogen) atoms. The van der Waals surface area contributed by atoms with E-state index in [0.29, 0.717) is 0 Å². The van der Waals surface area contributed by atoms with Gasteiger partial charge in [0.2, 0.25) is 0 Å². The van der Waals surface area contributed by atoms with Crippen LogP contribution in [0.1, 0.15) is 22.6 Å². The molecule has 0 fully saturated rings. The molecule has 142 valence electrons. The normalized spacial score (nSPS) is 14.0. The van der Waals surface area contributed by atoms with Crippen molar-refractivity contribution in [1.29, 1.82) is 0 Å². The summed E-state index contributed by atoms with van der Waals surface area (Å²) in [5.74, 6) is 13.3. The molecule has 2 heteroatoms. The van der Waals surface area contributed by atoms with E-state index in [1.807, 2.05) is 0 Å². The second kappa shape index (κ2) is 8.60. The molecule has 0 saturated carbocycles. The third-order valence-electron chi connectivity index (χ3n) is 5.05. The Bertz CT molecular complexity index is 1220. The zero-order chi connectivity index (χ0) is 20.2. The standard InChI is InChI=1S/C28H18S2/c1-2-6-21(5-1)9-15-27-25(17-19-29-27)23-11-13-24(14-12-23)26-18-20-30-28(26)16-10-22-7-3-4-8-22/h1-5,7,11-14,17-20H,6,8H2. The van der Waals surface area contributed by atoms with E-state index in [4.69, 9.17) is 0 Å². The summed E-state index contributed by atoms with van der Waals surface area (Å²) >= 11 is 3.41. The van der Waals surface area contributed by atoms with Crippen molar-refractivity contribution in [2.75, 3.05) is 0 Å². The molecule has 2 aliphatic rings. The number of rotatable bonds is 2. The molecule has 0 amide bonds. The molecule has 0 radical (unpaired) electrons. The van der Waals surface area contributed by atoms with Crippen LogP contribution in [-0.2, 0) is 0 Å². The van der Waals surface area contributed by atoms with Crippen molar-refractivity contribution in [2.45, 2.75) is 12.8 Å². The Morgan fingerprint density at radius 3 is 1.43 bits per heavy atom. The zero-order valence-corrected chi connectivity index (χ0v) is 17.9. The maximum Gasteiger partial charge on any atom is 0.0850 e. The summed E-state index contributed by atoms with van der Waals surface area (Å²) in [6.45, 7) is 0. The molecule has 0 unspecified atom stereocenters. The Kier molecular flexibility index (Phi) is 5.36. The molecule has 0 spiro atoms. The SMILES string of the molecule is C(#Cc1sccc1-c1ccc(-c2ccsc2C#CC2=CC=CC2)cc1)C1=CC=CC1. The predicted molar refractivity (Wildman–Crippen MR) is 131 cm³/mol. The van der Waals surface area contributed by atoms with E-state index in [0.717, 1.165) is 22.6 Å². The molecule has 0 aliphatic heterocycles. The van der Waals surface area contributed by atoms with Gasteiger partial charge in [0.25, 0.3) is 0 Å². The summed E-state index contributed by atoms with van der Waals surface area (Å²) in [4.78, 5) is 2.24. The number of allylic oxidation sites excluding steroid dienone is 8. The van der Waals surface area contributed by atoms with E-state index in [1.54, 1.807) is 22.7 Å². The van der Waals surface area contributed by atoms with Gasteiger partial charge in [0, 0.05) is 22.3 Å². The van der Waals surface area contributed by atoms with E-state index in [9.17, 15) is 0 Å². The van der Waals surface area contributed by atoms with Crippen LogP contribution in [0.3, 0.4) is 0 Å². The van der Waals surface area contributed by atoms with Crippen molar-refractivity contribution in [3.63, 3.8) is 0 Å². The van der Waals surface area contributed by atoms with Crippen LogP contribution in [0.15, 0.2) is 94.8 Å². The van der Waals surface area contributed by atoms with E-state index < -0.39 is 0 Å². The summed E-state index contributed by atoms with van der Waals surface area (Å²) < 4.78 is 0. The molecule has 0 saturated heterocycles. The van der Waals surface area contributed by atoms with Crippen molar-refractivity contribution in [3.05, 3.63) is 105 Å². The minimum absolute atomic E-state index is 0.946. The number of thiophene rings is 2. The van der Waals surface area contributed by atoms with Crippen molar-refractivity contribution in [3.8, 4) is 45.9 Å². The van der Waals surface area contributed by atoms with Crippen molar-refractivity contribution in [2.24, 2.45) is 0 Å². The van der Waals surface area contributed by atoms with Crippen LogP contribution in [0, 0.1) is 23.7 Å². The maximum absolute atomic E-state index is 3.36. The van der Waals surface area contributed by atoms with Gasteiger partial charge in [-0.15, -0.1) is 22.7 Å². The van der Waals surface area contributed by atoms with Gasteiger partial charge in [-0.05, 0) is 46.9 Å². The van der Waals surface area contributed by atoms with Crippen LogP contribution < -0.4 is 0 Å². The highest BCUT2D eigenvalue weighted by molar-refractivity contribution is 7.11. The number of benzene rings is 1. The molecule has 0 N–H and O–H groups in total. The smallest absolute Gasteiger partial charge is 0.0850 e. The van der Waals surface area contributed by atoms with Gasteiger partial charge < -0.3 is 0 Å². The van der Waals surface area contributed by atoms with E-state index in [1.165, 1.54) is 33.4 Å². The fourth-order valence-corrected chi connectivity index (χ4v) is 4.98. The molecule has 1 aromatic carbocycles. The lowest BCUT2D eigenvalue weighted by Crippen LogP contribution is -1.82. The third kappa shape index (κ3) is 4.03. The van der Waals surface area contributed by atoms with Crippen molar-refractivity contribution in [1.82, 2.24) is 0 Å². The molecule has 2 heterocycles. The molecule has 0 nitrogen and oxygen atoms in total. The average molecular weight is 419 g/mol. The Morgan fingerprint density at radius 1 is 0.567 bits per heavy atom. The summed E-state index contributed by atoms with van der Waals surface area (Å²) in [6, 6.07) is 13.1. The van der Waals surface area contributed by atoms with Gasteiger partial charge in [0.15, 0.2) is 0 Å². The molecule has 2 aliphatic carbocycles. The van der Waals surface area contributed by atoms with Crippen LogP contribution in [0.4, 0.5) is 0 Å². The fourth-order valence-electron chi connectivity index (χ4n) is 3.45. The summed E-state index contributed by atoms with van der Waals surface area (Å²) in [7, 11) is 0. The summed E-state index contributed by atoms with van der Waals surface area (Å²) in [5.41, 5.74) is 7.17. The van der Waals surface area contributed by atoms with Gasteiger partial charge in [-0.25, -0.2) is 0 Å². The minimum Gasteiger partial charge on any atom is -0.135 e. The molecule has 0 bridgehead atoms. The first-order chi connectivity index (χ1) is 14.9. The molecular weight excluding hydrogens is 400 g/mol. The van der Waals surface area contributed by atoms with Crippen molar-refractivity contribution < 1.29 is 0 Å². The topological polar surface area (TPSA) is 0 Å². The van der Waals surface area contributed by atoms with Crippen LogP contribution in [0.25, 0.3) is 22.3 Å². The lowest BCUT2D eigenvalue weighted by atomic mass is 10.0. The minimum atomic E-state index is 0.946. The van der Waals surface area contributed by atoms with Crippen molar-refractivity contribution >= 4 is 22.7 Å². The second-order valence-electron chi connectivity index (χ2n) is 7.05. The van der Waals surface area contributed by atoms with Crippen LogP contribution in [0.2, 0.25) is 0 Å². The molecule has 5 rings (SSSR count). The largest absolute Gasteiger partial charge is 0.135 e.